The van der Waals surface area contributed by atoms with Gasteiger partial charge in [-0.3, -0.25) is 0 Å². The molecule has 1 saturated heterocycles. The van der Waals surface area contributed by atoms with E-state index < -0.39 is 0 Å². The Morgan fingerprint density at radius 2 is 2.00 bits per heavy atom. The van der Waals surface area contributed by atoms with E-state index in [-0.39, 0.29) is 11.5 Å². The largest absolute Gasteiger partial charge is 0.497 e. The first-order chi connectivity index (χ1) is 13.2. The molecule has 1 N–H and O–H groups in total. The Morgan fingerprint density at radius 1 is 1.19 bits per heavy atom. The maximum Gasteiger partial charge on any atom is 0.119 e. The van der Waals surface area contributed by atoms with Crippen molar-refractivity contribution in [3.05, 3.63) is 64.7 Å². The fourth-order valence-corrected chi connectivity index (χ4v) is 5.02. The summed E-state index contributed by atoms with van der Waals surface area (Å²) in [6.07, 6.45) is 4.36. The van der Waals surface area contributed by atoms with Crippen LogP contribution in [0.25, 0.3) is 0 Å². The lowest BCUT2D eigenvalue weighted by Gasteiger charge is -2.42. The quantitative estimate of drug-likeness (QED) is 0.899. The van der Waals surface area contributed by atoms with Crippen LogP contribution in [0, 0.1) is 16.7 Å². The highest BCUT2D eigenvalue weighted by atomic mass is 16.5. The average molecular weight is 362 g/mol. The SMILES string of the molecule is COc1ccc2c(c1)[C@H](OC)C1(CCN[C@H](Cc3ccc(C#N)cc3)C1)C2. The summed E-state index contributed by atoms with van der Waals surface area (Å²) in [5.41, 5.74) is 4.81. The first-order valence-electron chi connectivity index (χ1n) is 9.59. The van der Waals surface area contributed by atoms with Gasteiger partial charge in [0, 0.05) is 18.6 Å². The zero-order valence-corrected chi connectivity index (χ0v) is 16.0. The Morgan fingerprint density at radius 3 is 2.70 bits per heavy atom. The maximum absolute atomic E-state index is 8.98. The second-order valence-electron chi connectivity index (χ2n) is 7.84. The molecule has 2 aliphatic rings. The maximum atomic E-state index is 8.98. The lowest BCUT2D eigenvalue weighted by atomic mass is 9.71. The molecule has 0 bridgehead atoms. The van der Waals surface area contributed by atoms with Crippen molar-refractivity contribution in [3.8, 4) is 11.8 Å². The molecular weight excluding hydrogens is 336 g/mol. The Bertz CT molecular complexity index is 856. The normalized spacial score (nSPS) is 26.6. The molecule has 27 heavy (non-hydrogen) atoms. The molecule has 0 amide bonds. The number of nitriles is 1. The number of rotatable bonds is 4. The van der Waals surface area contributed by atoms with Gasteiger partial charge in [0.1, 0.15) is 5.75 Å². The Hall–Kier alpha value is -2.35. The number of hydrogen-bond acceptors (Lipinski definition) is 4. The van der Waals surface area contributed by atoms with E-state index in [0.29, 0.717) is 11.6 Å². The van der Waals surface area contributed by atoms with Crippen molar-refractivity contribution in [2.24, 2.45) is 5.41 Å². The van der Waals surface area contributed by atoms with Gasteiger partial charge in [-0.05, 0) is 73.2 Å². The van der Waals surface area contributed by atoms with Crippen LogP contribution in [0.2, 0.25) is 0 Å². The molecule has 4 nitrogen and oxygen atoms in total. The van der Waals surface area contributed by atoms with Gasteiger partial charge in [-0.1, -0.05) is 18.2 Å². The average Bonchev–Trinajstić information content (AvgIpc) is 2.99. The van der Waals surface area contributed by atoms with E-state index >= 15 is 0 Å². The highest BCUT2D eigenvalue weighted by Gasteiger charge is 2.49. The monoisotopic (exact) mass is 362 g/mol. The molecule has 1 spiro atoms. The van der Waals surface area contributed by atoms with Crippen LogP contribution in [-0.4, -0.2) is 26.8 Å². The Balaban J connectivity index is 1.55. The summed E-state index contributed by atoms with van der Waals surface area (Å²) in [6, 6.07) is 17.0. The summed E-state index contributed by atoms with van der Waals surface area (Å²) in [5, 5.41) is 12.7. The second kappa shape index (κ2) is 7.34. The van der Waals surface area contributed by atoms with Crippen molar-refractivity contribution in [3.63, 3.8) is 0 Å². The van der Waals surface area contributed by atoms with E-state index in [1.165, 1.54) is 16.7 Å². The molecule has 1 aliphatic carbocycles. The first-order valence-corrected chi connectivity index (χ1v) is 9.59. The highest BCUT2D eigenvalue weighted by molar-refractivity contribution is 5.43. The zero-order valence-electron chi connectivity index (χ0n) is 16.0. The number of methoxy groups -OCH3 is 2. The van der Waals surface area contributed by atoms with Crippen LogP contribution in [0.3, 0.4) is 0 Å². The van der Waals surface area contributed by atoms with Crippen molar-refractivity contribution >= 4 is 0 Å². The number of nitrogens with zero attached hydrogens (tertiary/aromatic N) is 1. The van der Waals surface area contributed by atoms with E-state index in [0.717, 1.165) is 38.0 Å². The lowest BCUT2D eigenvalue weighted by molar-refractivity contribution is -0.0290. The third-order valence-corrected chi connectivity index (χ3v) is 6.24. The molecule has 0 radical (unpaired) electrons. The van der Waals surface area contributed by atoms with Gasteiger partial charge in [-0.15, -0.1) is 0 Å². The van der Waals surface area contributed by atoms with Gasteiger partial charge in [0.05, 0.1) is 24.8 Å². The zero-order chi connectivity index (χ0) is 18.9. The van der Waals surface area contributed by atoms with Crippen LogP contribution in [0.5, 0.6) is 5.75 Å². The molecule has 0 aromatic heterocycles. The molecule has 140 valence electrons. The molecule has 4 heteroatoms. The first kappa shape index (κ1) is 18.0. The molecule has 1 heterocycles. The number of fused-ring (bicyclic) bond motifs is 1. The number of hydrogen-bond donors (Lipinski definition) is 1. The van der Waals surface area contributed by atoms with Gasteiger partial charge in [0.15, 0.2) is 0 Å². The minimum atomic E-state index is 0.119. The van der Waals surface area contributed by atoms with Crippen LogP contribution in [0.15, 0.2) is 42.5 Å². The molecule has 0 saturated carbocycles. The molecule has 2 aromatic rings. The van der Waals surface area contributed by atoms with Crippen molar-refractivity contribution in [1.82, 2.24) is 5.32 Å². The molecule has 1 fully saturated rings. The van der Waals surface area contributed by atoms with Gasteiger partial charge in [0.2, 0.25) is 0 Å². The summed E-state index contributed by atoms with van der Waals surface area (Å²) < 4.78 is 11.5. The predicted molar refractivity (Wildman–Crippen MR) is 105 cm³/mol. The standard InChI is InChI=1S/C23H26N2O2/c1-26-20-8-7-18-13-23(22(27-2)21(18)12-20)9-10-25-19(14-23)11-16-3-5-17(15-24)6-4-16/h3-8,12,19,22,25H,9-11,13-14H2,1-2H3/t19-,22+,23?/m1/s1. The van der Waals surface area contributed by atoms with Gasteiger partial charge in [-0.25, -0.2) is 0 Å². The molecule has 1 aliphatic heterocycles. The summed E-state index contributed by atoms with van der Waals surface area (Å²) in [6.45, 7) is 1.01. The number of piperidine rings is 1. The van der Waals surface area contributed by atoms with E-state index in [4.69, 9.17) is 14.7 Å². The van der Waals surface area contributed by atoms with Crippen LogP contribution in [0.1, 0.15) is 41.2 Å². The van der Waals surface area contributed by atoms with Crippen molar-refractivity contribution in [1.29, 1.82) is 5.26 Å². The van der Waals surface area contributed by atoms with E-state index in [2.05, 4.69) is 41.7 Å². The molecule has 1 unspecified atom stereocenters. The third kappa shape index (κ3) is 3.34. The molecule has 2 aromatic carbocycles. The number of nitrogens with one attached hydrogen (secondary N) is 1. The fraction of sp³-hybridized carbons (Fsp3) is 0.435. The minimum Gasteiger partial charge on any atom is -0.497 e. The van der Waals surface area contributed by atoms with E-state index in [9.17, 15) is 0 Å². The van der Waals surface area contributed by atoms with Crippen LogP contribution in [-0.2, 0) is 17.6 Å². The molecule has 4 rings (SSSR count). The minimum absolute atomic E-state index is 0.119. The van der Waals surface area contributed by atoms with Crippen molar-refractivity contribution in [2.45, 2.75) is 37.8 Å². The molecular formula is C23H26N2O2. The second-order valence-corrected chi connectivity index (χ2v) is 7.84. The van der Waals surface area contributed by atoms with Gasteiger partial charge in [-0.2, -0.15) is 5.26 Å². The topological polar surface area (TPSA) is 54.3 Å². The summed E-state index contributed by atoms with van der Waals surface area (Å²) in [4.78, 5) is 0. The number of ether oxygens (including phenoxy) is 2. The third-order valence-electron chi connectivity index (χ3n) is 6.24. The van der Waals surface area contributed by atoms with Crippen LogP contribution in [0.4, 0.5) is 0 Å². The summed E-state index contributed by atoms with van der Waals surface area (Å²) in [5.74, 6) is 0.899. The van der Waals surface area contributed by atoms with Crippen LogP contribution < -0.4 is 10.1 Å². The predicted octanol–water partition coefficient (Wildman–Crippen LogP) is 3.79. The van der Waals surface area contributed by atoms with Crippen molar-refractivity contribution in [2.75, 3.05) is 20.8 Å². The summed E-state index contributed by atoms with van der Waals surface area (Å²) >= 11 is 0. The summed E-state index contributed by atoms with van der Waals surface area (Å²) in [7, 11) is 3.55. The fourth-order valence-electron chi connectivity index (χ4n) is 5.02. The Kier molecular flexibility index (Phi) is 4.90. The highest BCUT2D eigenvalue weighted by Crippen LogP contribution is 2.54. The van der Waals surface area contributed by atoms with Crippen LogP contribution >= 0.6 is 0 Å². The van der Waals surface area contributed by atoms with E-state index in [1.807, 2.05) is 19.2 Å². The Labute approximate surface area is 161 Å². The van der Waals surface area contributed by atoms with Gasteiger partial charge < -0.3 is 14.8 Å². The van der Waals surface area contributed by atoms with Gasteiger partial charge >= 0.3 is 0 Å². The molecule has 3 atom stereocenters. The van der Waals surface area contributed by atoms with Gasteiger partial charge in [0.25, 0.3) is 0 Å². The van der Waals surface area contributed by atoms with E-state index in [1.54, 1.807) is 7.11 Å². The lowest BCUT2D eigenvalue weighted by Crippen LogP contribution is -2.47. The number of benzene rings is 2. The smallest absolute Gasteiger partial charge is 0.119 e. The van der Waals surface area contributed by atoms with Crippen molar-refractivity contribution < 1.29 is 9.47 Å².